The zero-order valence-electron chi connectivity index (χ0n) is 20.6. The molecule has 0 unspecified atom stereocenters. The fourth-order valence-electron chi connectivity index (χ4n) is 4.29. The molecule has 1 amide bonds. The number of pyridine rings is 1. The second-order valence-electron chi connectivity index (χ2n) is 8.61. The molecular weight excluding hydrogens is 508 g/mol. The minimum absolute atomic E-state index is 0.249. The summed E-state index contributed by atoms with van der Waals surface area (Å²) in [5, 5.41) is 10.4. The number of fused-ring (bicyclic) bond motifs is 2. The van der Waals surface area contributed by atoms with Gasteiger partial charge in [0, 0.05) is 12.5 Å². The number of ether oxygens (including phenoxy) is 3. The number of imidazole rings is 1. The standard InChI is InChI=1S/C24H20ClN3O4.C2H5NO.C2H2/c25-16-10-17-23(28-24(26-17)32-19-12-31-21-18(29)11-30-22(19)21)27-20(16)15-8-6-14(7-9-15)13-4-2-1-3-5-13;1-2(3)4;1-2/h1-10,18-19,21-22,29H,11-12H2,(H,26,27,28);1H3,(H2,3,4);1-2H/t18-,19-,21-,22-;;/m1../s1. The number of H-pyrrole nitrogens is 1. The zero-order chi connectivity index (χ0) is 27.2. The SMILES string of the molecule is C#C.CC(N)=O.O[C@@H]1CO[C@H]2[C@@H]1OC[C@H]2Oc1nc2nc(-c3ccc(-c4ccccc4)cc3)c(Cl)cc2[nH]1. The molecular formula is C28H27ClN4O5. The number of aliphatic hydroxyl groups excluding tert-OH is 1. The molecule has 2 aromatic heterocycles. The molecule has 2 fully saturated rings. The van der Waals surface area contributed by atoms with Crippen LogP contribution in [0.3, 0.4) is 0 Å². The number of rotatable bonds is 4. The highest BCUT2D eigenvalue weighted by atomic mass is 35.5. The van der Waals surface area contributed by atoms with Gasteiger partial charge < -0.3 is 30.0 Å². The number of carbonyl (C=O) groups is 1. The predicted octanol–water partition coefficient (Wildman–Crippen LogP) is 3.59. The van der Waals surface area contributed by atoms with Crippen molar-refractivity contribution in [1.29, 1.82) is 0 Å². The van der Waals surface area contributed by atoms with Gasteiger partial charge in [-0.2, -0.15) is 4.98 Å². The number of nitrogens with two attached hydrogens (primary N) is 1. The Hall–Kier alpha value is -3.94. The van der Waals surface area contributed by atoms with Gasteiger partial charge in [-0.05, 0) is 17.2 Å². The molecule has 4 aromatic rings. The van der Waals surface area contributed by atoms with Crippen LogP contribution in [0.15, 0.2) is 60.7 Å². The van der Waals surface area contributed by atoms with Crippen LogP contribution in [-0.4, -0.2) is 63.6 Å². The lowest BCUT2D eigenvalue weighted by Gasteiger charge is -2.15. The Kier molecular flexibility index (Phi) is 8.61. The summed E-state index contributed by atoms with van der Waals surface area (Å²) in [7, 11) is 0. The third-order valence-corrected chi connectivity index (χ3v) is 6.20. The van der Waals surface area contributed by atoms with E-state index in [0.29, 0.717) is 34.5 Å². The Morgan fingerprint density at radius 1 is 1.03 bits per heavy atom. The fourth-order valence-corrected chi connectivity index (χ4v) is 4.55. The maximum atomic E-state index is 9.90. The third kappa shape index (κ3) is 5.96. The van der Waals surface area contributed by atoms with E-state index in [4.69, 9.17) is 25.8 Å². The molecule has 10 heteroatoms. The lowest BCUT2D eigenvalue weighted by Crippen LogP contribution is -2.34. The van der Waals surface area contributed by atoms with E-state index in [1.165, 1.54) is 6.92 Å². The number of terminal acetylenes is 1. The van der Waals surface area contributed by atoms with E-state index in [1.807, 2.05) is 30.3 Å². The third-order valence-electron chi connectivity index (χ3n) is 5.92. The monoisotopic (exact) mass is 534 g/mol. The van der Waals surface area contributed by atoms with Crippen molar-refractivity contribution in [2.75, 3.05) is 13.2 Å². The van der Waals surface area contributed by atoms with E-state index in [1.54, 1.807) is 6.07 Å². The number of hydrogen-bond acceptors (Lipinski definition) is 7. The van der Waals surface area contributed by atoms with Crippen LogP contribution in [0.5, 0.6) is 6.01 Å². The van der Waals surface area contributed by atoms with Crippen LogP contribution in [0.4, 0.5) is 0 Å². The molecule has 2 aromatic carbocycles. The van der Waals surface area contributed by atoms with Crippen LogP contribution in [0.1, 0.15) is 6.92 Å². The number of amides is 1. The van der Waals surface area contributed by atoms with Crippen LogP contribution >= 0.6 is 11.6 Å². The first kappa shape index (κ1) is 27.1. The molecule has 9 nitrogen and oxygen atoms in total. The van der Waals surface area contributed by atoms with Gasteiger partial charge >= 0.3 is 0 Å². The van der Waals surface area contributed by atoms with Crippen molar-refractivity contribution < 1.29 is 24.1 Å². The summed E-state index contributed by atoms with van der Waals surface area (Å²) in [5.74, 6) is -0.333. The number of aliphatic hydroxyl groups is 1. The Bertz CT molecular complexity index is 1400. The molecule has 6 rings (SSSR count). The van der Waals surface area contributed by atoms with Crippen molar-refractivity contribution in [2.45, 2.75) is 31.3 Å². The number of nitrogens with one attached hydrogen (secondary N) is 1. The van der Waals surface area contributed by atoms with E-state index in [9.17, 15) is 9.90 Å². The van der Waals surface area contributed by atoms with Gasteiger partial charge in [0.2, 0.25) is 5.91 Å². The lowest BCUT2D eigenvalue weighted by molar-refractivity contribution is -0.115. The summed E-state index contributed by atoms with van der Waals surface area (Å²) < 4.78 is 17.2. The van der Waals surface area contributed by atoms with E-state index in [2.05, 4.69) is 57.8 Å². The summed E-state index contributed by atoms with van der Waals surface area (Å²) in [6, 6.07) is 20.4. The molecule has 0 radical (unpaired) electrons. The van der Waals surface area contributed by atoms with E-state index in [0.717, 1.165) is 16.7 Å². The Morgan fingerprint density at radius 3 is 2.32 bits per heavy atom. The number of aromatic nitrogens is 3. The van der Waals surface area contributed by atoms with Gasteiger partial charge in [0.25, 0.3) is 6.01 Å². The smallest absolute Gasteiger partial charge is 0.296 e. The van der Waals surface area contributed by atoms with Crippen LogP contribution in [0.2, 0.25) is 5.02 Å². The number of halogens is 1. The van der Waals surface area contributed by atoms with Gasteiger partial charge in [0.15, 0.2) is 11.8 Å². The molecule has 2 aliphatic heterocycles. The van der Waals surface area contributed by atoms with Crippen LogP contribution in [-0.2, 0) is 14.3 Å². The first-order chi connectivity index (χ1) is 18.4. The van der Waals surface area contributed by atoms with Crippen LogP contribution in [0.25, 0.3) is 33.5 Å². The first-order valence-electron chi connectivity index (χ1n) is 11.8. The highest BCUT2D eigenvalue weighted by Crippen LogP contribution is 2.33. The van der Waals surface area contributed by atoms with Crippen molar-refractivity contribution in [2.24, 2.45) is 5.73 Å². The molecule has 38 heavy (non-hydrogen) atoms. The summed E-state index contributed by atoms with van der Waals surface area (Å²) >= 11 is 6.54. The predicted molar refractivity (Wildman–Crippen MR) is 144 cm³/mol. The van der Waals surface area contributed by atoms with Gasteiger partial charge in [-0.3, -0.25) is 4.79 Å². The summed E-state index contributed by atoms with van der Waals surface area (Å²) in [6.45, 7) is 1.88. The minimum atomic E-state index is -0.624. The molecule has 2 aliphatic rings. The largest absolute Gasteiger partial charge is 0.456 e. The highest BCUT2D eigenvalue weighted by Gasteiger charge is 2.48. The molecule has 196 valence electrons. The van der Waals surface area contributed by atoms with Crippen molar-refractivity contribution in [3.8, 4) is 41.2 Å². The molecule has 4 atom stereocenters. The molecule has 4 N–H and O–H groups in total. The normalized spacial score (nSPS) is 21.5. The quantitative estimate of drug-likeness (QED) is 0.341. The second kappa shape index (κ2) is 12.1. The average Bonchev–Trinajstić information content (AvgIpc) is 3.61. The molecule has 2 saturated heterocycles. The molecule has 0 saturated carbocycles. The highest BCUT2D eigenvalue weighted by molar-refractivity contribution is 6.33. The van der Waals surface area contributed by atoms with Crippen LogP contribution < -0.4 is 10.5 Å². The average molecular weight is 535 g/mol. The number of benzene rings is 2. The van der Waals surface area contributed by atoms with E-state index in [-0.39, 0.29) is 30.8 Å². The number of nitrogens with zero attached hydrogens (tertiary/aromatic N) is 2. The number of carbonyl (C=O) groups excluding carboxylic acids is 1. The van der Waals surface area contributed by atoms with Gasteiger partial charge in [0.1, 0.15) is 18.3 Å². The summed E-state index contributed by atoms with van der Waals surface area (Å²) in [6.07, 6.45) is 6.36. The first-order valence-corrected chi connectivity index (χ1v) is 12.2. The van der Waals surface area contributed by atoms with Gasteiger partial charge in [-0.15, -0.1) is 12.8 Å². The minimum Gasteiger partial charge on any atom is -0.456 e. The van der Waals surface area contributed by atoms with Crippen molar-refractivity contribution in [3.05, 3.63) is 65.7 Å². The van der Waals surface area contributed by atoms with Crippen molar-refractivity contribution in [1.82, 2.24) is 15.0 Å². The Balaban J connectivity index is 0.000000515. The van der Waals surface area contributed by atoms with Gasteiger partial charge in [0.05, 0.1) is 29.4 Å². The maximum Gasteiger partial charge on any atom is 0.296 e. The number of primary amides is 1. The molecule has 0 aliphatic carbocycles. The number of aromatic amines is 1. The zero-order valence-corrected chi connectivity index (χ0v) is 21.3. The van der Waals surface area contributed by atoms with E-state index < -0.39 is 6.10 Å². The molecule has 4 heterocycles. The molecule has 0 spiro atoms. The van der Waals surface area contributed by atoms with Gasteiger partial charge in [-0.25, -0.2) is 4.98 Å². The summed E-state index contributed by atoms with van der Waals surface area (Å²) in [4.78, 5) is 21.5. The number of hydrogen-bond donors (Lipinski definition) is 3. The molecule has 0 bridgehead atoms. The van der Waals surface area contributed by atoms with Gasteiger partial charge in [-0.1, -0.05) is 66.2 Å². The van der Waals surface area contributed by atoms with Crippen molar-refractivity contribution >= 4 is 28.7 Å². The Morgan fingerprint density at radius 2 is 1.63 bits per heavy atom. The Labute approximate surface area is 224 Å². The maximum absolute atomic E-state index is 9.90. The van der Waals surface area contributed by atoms with Crippen molar-refractivity contribution in [3.63, 3.8) is 0 Å². The summed E-state index contributed by atoms with van der Waals surface area (Å²) in [5.41, 5.74) is 9.50. The van der Waals surface area contributed by atoms with E-state index >= 15 is 0 Å². The lowest BCUT2D eigenvalue weighted by atomic mass is 10.0. The van der Waals surface area contributed by atoms with Crippen LogP contribution in [0, 0.1) is 12.8 Å². The second-order valence-corrected chi connectivity index (χ2v) is 9.01. The fraction of sp³-hybridized carbons (Fsp3) is 0.250. The topological polar surface area (TPSA) is 133 Å².